The van der Waals surface area contributed by atoms with Crippen LogP contribution < -0.4 is 21.8 Å². The Morgan fingerprint density at radius 1 is 0.602 bits per heavy atom. The number of carbonyl (C=O) groups excluding carboxylic acids is 2. The van der Waals surface area contributed by atoms with Gasteiger partial charge in [0.1, 0.15) is 36.6 Å². The Hall–Kier alpha value is -4.85. The number of anilines is 2. The normalized spacial score (nSPS) is 22.2. The fourth-order valence-corrected chi connectivity index (χ4v) is 19.0. The van der Waals surface area contributed by atoms with Gasteiger partial charge in [-0.15, -0.1) is 9.79 Å². The van der Waals surface area contributed by atoms with Crippen molar-refractivity contribution in [2.75, 3.05) is 23.8 Å². The van der Waals surface area contributed by atoms with Crippen LogP contribution in [0.1, 0.15) is 89.1 Å². The number of aromatic nitrogens is 8. The minimum atomic E-state index is -5.65. The van der Waals surface area contributed by atoms with Gasteiger partial charge in [-0.1, -0.05) is 76.7 Å². The first-order valence-electron chi connectivity index (χ1n) is 29.2. The number of ether oxygens (including phenoxy) is 2. The number of hydrogen-bond donors (Lipinski definition) is 10. The van der Waals surface area contributed by atoms with Gasteiger partial charge in [-0.05, 0) is 44.9 Å². The van der Waals surface area contributed by atoms with Crippen molar-refractivity contribution >= 4 is 153 Å². The number of nitrogens with zero attached hydrogens (tertiary/aromatic N) is 10. The molecule has 2 fully saturated rings. The maximum absolute atomic E-state index is 13.7. The van der Waals surface area contributed by atoms with Crippen molar-refractivity contribution in [2.24, 2.45) is 11.8 Å². The van der Waals surface area contributed by atoms with E-state index in [1.54, 1.807) is 40.8 Å². The first kappa shape index (κ1) is 90.5. The smallest absolute Gasteiger partial charge is 0.407 e. The summed E-state index contributed by atoms with van der Waals surface area (Å²) in [4.78, 5) is 129. The van der Waals surface area contributed by atoms with Crippen LogP contribution in [0.25, 0.3) is 22.3 Å². The highest BCUT2D eigenvalue weighted by molar-refractivity contribution is 7.89. The average molecular weight is 1640 g/mol. The number of carbonyl (C=O) groups is 2. The molecule has 58 heteroatoms. The van der Waals surface area contributed by atoms with Crippen LogP contribution in [0.5, 0.6) is 0 Å². The van der Waals surface area contributed by atoms with Crippen LogP contribution in [0.2, 0.25) is 36.3 Å². The third kappa shape index (κ3) is 24.6. The largest absolute Gasteiger partial charge is 0.702 e. The van der Waals surface area contributed by atoms with Crippen molar-refractivity contribution in [1.82, 2.24) is 39.0 Å². The molecule has 4 aromatic rings. The summed E-state index contributed by atoms with van der Waals surface area (Å²) in [5, 5.41) is 40.7. The van der Waals surface area contributed by atoms with Crippen LogP contribution in [-0.2, 0) is 99.8 Å². The maximum atomic E-state index is 13.7. The highest BCUT2D eigenvalue weighted by Gasteiger charge is 2.58. The monoisotopic (exact) mass is 1640 g/mol. The van der Waals surface area contributed by atoms with Crippen molar-refractivity contribution in [3.63, 3.8) is 0 Å². The van der Waals surface area contributed by atoms with Crippen LogP contribution >= 0.6 is 62.1 Å². The quantitative estimate of drug-likeness (QED) is 0.0193. The lowest BCUT2D eigenvalue weighted by Gasteiger charge is -2.41. The standard InChI is InChI=1S/C22H35B2N7O16P4Si.C22H31B2N7O14P4Si.CH4/c1-12(2)18(32)29-21-28-17-14(19(33)30-21)27-11-31(17)20-16(45-52(6,7)22(3,4)5)15(44-49(35,24-10-26)47-51(39,40)41)13(43-20)8-42-48(34,23-9-25)46-50(36,37)38;1-12(2)18(32)29-21-28-17-14(19(33)30-21)27-11-31(17)20-16(43-50(6,7)22(3,4)5)15(42-49(39,24-10-26)45-47(36)37)13(41-20)8-40-48(38,23-9-25)44-46(34)35;/h11-13,15-16,20H,8H2,1-7H3,(H2,36,37,38)(H2,39,40,41)(H2,28,29,30,32,33);11-13,15-16,20H,8H2,1-7H3,(H2-2,28,29,30,32,33,34,35,36,37);1H4/p+2. The number of fused-ring (bicyclic) bond motifs is 2. The van der Waals surface area contributed by atoms with Crippen LogP contribution in [0.15, 0.2) is 22.2 Å². The molecule has 14 unspecified atom stereocenters. The van der Waals surface area contributed by atoms with Crippen LogP contribution in [-0.4, -0.2) is 175 Å². The molecule has 6 rings (SSSR count). The van der Waals surface area contributed by atoms with Crippen molar-refractivity contribution in [1.29, 1.82) is 21.0 Å². The number of H-pyrrole nitrogens is 2. The number of imidazole rings is 2. The molecule has 2 amide bonds. The van der Waals surface area contributed by atoms with Gasteiger partial charge in [0.2, 0.25) is 23.7 Å². The first-order valence-corrected chi connectivity index (χ1v) is 46.7. The Kier molecular flexibility index (Phi) is 31.2. The summed E-state index contributed by atoms with van der Waals surface area (Å²) in [5.41, 5.74) is -2.41. The SMILES string of the molecule is C.CC(C)C(=O)Nc1nc2c(ncn2C2OC(COP(=O)([B]C#N)OP(=O)(O)O)C(OP(=O)([B]C#N)OP(=O)(O)O)C2O[Si](C)(C)C(C)(C)C)c(=O)[nH]1.CC(C)C(=O)Nc1nc2c(ncn2C2OC(COP(=O)([B]C#N)O[P+](=O)O)C(OP(=O)([B]C#N)O[P+](=O)O)C2O[Si](C)(C)C(C)(C)C)c(=O)[nH]1. The zero-order valence-corrected chi connectivity index (χ0v) is 65.3. The summed E-state index contributed by atoms with van der Waals surface area (Å²) in [5.74, 6) is 2.92. The summed E-state index contributed by atoms with van der Waals surface area (Å²) in [6, 6.07) is 0. The molecule has 6 heterocycles. The Morgan fingerprint density at radius 3 is 1.26 bits per heavy atom. The number of rotatable bonds is 32. The van der Waals surface area contributed by atoms with Crippen LogP contribution in [0, 0.1) is 56.8 Å². The van der Waals surface area contributed by atoms with E-state index in [9.17, 15) is 95.6 Å². The van der Waals surface area contributed by atoms with E-state index in [1.165, 1.54) is 28.4 Å². The van der Waals surface area contributed by atoms with Gasteiger partial charge in [-0.3, -0.25) is 67.2 Å². The molecule has 14 atom stereocenters. The second-order valence-corrected chi connectivity index (χ2v) is 46.6. The predicted octanol–water partition coefficient (Wildman–Crippen LogP) is 6.17. The average Bonchev–Trinajstić information content (AvgIpc) is 1.48. The molecule has 0 bridgehead atoms. The highest BCUT2D eigenvalue weighted by atomic mass is 31.3. The lowest BCUT2D eigenvalue weighted by Crippen LogP contribution is -2.49. The molecule has 0 saturated carbocycles. The molecule has 0 spiro atoms. The Bertz CT molecular complexity index is 4430. The summed E-state index contributed by atoms with van der Waals surface area (Å²) >= 11 is 0. The minimum absolute atomic E-state index is 0. The third-order valence-electron chi connectivity index (χ3n) is 15.0. The second-order valence-electron chi connectivity index (χ2n) is 25.3. The van der Waals surface area contributed by atoms with Gasteiger partial charge in [0.05, 0.1) is 25.9 Å². The highest BCUT2D eigenvalue weighted by Crippen LogP contribution is 2.63. The fourth-order valence-electron chi connectivity index (χ4n) is 8.32. The fraction of sp³-hybridized carbons (Fsp3) is 0.644. The molecule has 2 aliphatic rings. The van der Waals surface area contributed by atoms with Gasteiger partial charge >= 0.3 is 90.0 Å². The van der Waals surface area contributed by atoms with Gasteiger partial charge in [0.25, 0.3) is 11.1 Å². The van der Waals surface area contributed by atoms with Gasteiger partial charge < -0.3 is 56.0 Å². The number of hydrogen-bond acceptors (Lipinski definition) is 32. The molecular formula is C45H72B4N14O30P8Si2+2. The van der Waals surface area contributed by atoms with Crippen molar-refractivity contribution in [3.8, 4) is 23.9 Å². The topological polar surface area (TPSA) is 649 Å². The second kappa shape index (κ2) is 35.5. The van der Waals surface area contributed by atoms with Crippen LogP contribution in [0.3, 0.4) is 0 Å². The summed E-state index contributed by atoms with van der Waals surface area (Å²) in [6.07, 6.45) is -10.7. The molecule has 10 N–H and O–H groups in total. The zero-order chi connectivity index (χ0) is 77.5. The summed E-state index contributed by atoms with van der Waals surface area (Å²) < 4.78 is 167. The van der Waals surface area contributed by atoms with E-state index in [1.807, 2.05) is 54.6 Å². The summed E-state index contributed by atoms with van der Waals surface area (Å²) in [6.45, 7) is 23.7. The lowest BCUT2D eigenvalue weighted by atomic mass is 10.1. The number of nitrogens with one attached hydrogen (secondary N) is 4. The predicted molar refractivity (Wildman–Crippen MR) is 368 cm³/mol. The molecular weight excluding hydrogens is 1560 g/mol. The van der Waals surface area contributed by atoms with Crippen LogP contribution in [0.4, 0.5) is 11.9 Å². The van der Waals surface area contributed by atoms with Crippen molar-refractivity contribution in [3.05, 3.63) is 33.4 Å². The molecule has 4 radical (unpaired) electrons. The molecule has 2 aliphatic heterocycles. The van der Waals surface area contributed by atoms with E-state index in [-0.39, 0.29) is 55.6 Å². The van der Waals surface area contributed by atoms with Gasteiger partial charge in [-0.25, -0.2) is 48.8 Å². The van der Waals surface area contributed by atoms with E-state index in [0.29, 0.717) is 14.0 Å². The number of amides is 2. The molecule has 4 aromatic heterocycles. The van der Waals surface area contributed by atoms with E-state index >= 15 is 0 Å². The molecule has 103 heavy (non-hydrogen) atoms. The lowest BCUT2D eigenvalue weighted by molar-refractivity contribution is -0.119. The summed E-state index contributed by atoms with van der Waals surface area (Å²) in [7, 11) is -44.3. The molecule has 0 aliphatic carbocycles. The van der Waals surface area contributed by atoms with E-state index in [2.05, 4.69) is 57.8 Å². The Morgan fingerprint density at radius 2 is 0.922 bits per heavy atom. The molecule has 2 saturated heterocycles. The van der Waals surface area contributed by atoms with E-state index in [4.69, 9.17) is 46.9 Å². The van der Waals surface area contributed by atoms with Gasteiger partial charge in [0.15, 0.2) is 51.4 Å². The van der Waals surface area contributed by atoms with Gasteiger partial charge in [-0.2, -0.15) is 9.97 Å². The van der Waals surface area contributed by atoms with E-state index < -0.39 is 186 Å². The number of phosphoric acid groups is 2. The Labute approximate surface area is 594 Å². The minimum Gasteiger partial charge on any atom is -0.407 e. The maximum Gasteiger partial charge on any atom is 0.702 e. The molecule has 0 aromatic carbocycles. The number of aromatic amines is 2. The van der Waals surface area contributed by atoms with Gasteiger partial charge in [0, 0.05) is 44.8 Å². The third-order valence-corrected chi connectivity index (χ3v) is 34.3. The zero-order valence-electron chi connectivity index (χ0n) is 56.2. The van der Waals surface area contributed by atoms with Crippen molar-refractivity contribution in [2.45, 2.75) is 162 Å². The van der Waals surface area contributed by atoms with Crippen molar-refractivity contribution < 1.29 is 129 Å². The molecule has 44 nitrogen and oxygen atoms in total. The Balaban J connectivity index is 0.000000432. The van der Waals surface area contributed by atoms with E-state index in [0.717, 1.165) is 17.2 Å². The first-order chi connectivity index (χ1) is 46.7. The molecule has 560 valence electrons. The number of nitriles is 4.